The molecular formula is C19H25NO. The Labute approximate surface area is 127 Å². The molecule has 21 heavy (non-hydrogen) atoms. The Balaban J connectivity index is 1.70. The summed E-state index contributed by atoms with van der Waals surface area (Å²) in [5.74, 6) is 0.665. The Morgan fingerprint density at radius 2 is 1.86 bits per heavy atom. The van der Waals surface area contributed by atoms with Crippen molar-refractivity contribution in [2.45, 2.75) is 44.8 Å². The normalized spacial score (nSPS) is 24.1. The van der Waals surface area contributed by atoms with Crippen LogP contribution in [0, 0.1) is 5.92 Å². The number of nitrogens with two attached hydrogens (primary N) is 1. The van der Waals surface area contributed by atoms with E-state index < -0.39 is 0 Å². The lowest BCUT2D eigenvalue weighted by molar-refractivity contribution is -0.0111. The zero-order chi connectivity index (χ0) is 14.7. The molecule has 112 valence electrons. The van der Waals surface area contributed by atoms with Gasteiger partial charge in [0.25, 0.3) is 0 Å². The summed E-state index contributed by atoms with van der Waals surface area (Å²) >= 11 is 0. The Morgan fingerprint density at radius 1 is 1.10 bits per heavy atom. The maximum Gasteiger partial charge on any atom is 0.0663 e. The monoisotopic (exact) mass is 283 g/mol. The Morgan fingerprint density at radius 3 is 2.71 bits per heavy atom. The molecule has 2 aromatic rings. The summed E-state index contributed by atoms with van der Waals surface area (Å²) in [6.07, 6.45) is 5.49. The zero-order valence-electron chi connectivity index (χ0n) is 12.8. The average molecular weight is 283 g/mol. The van der Waals surface area contributed by atoms with E-state index in [4.69, 9.17) is 10.5 Å². The molecule has 0 aromatic heterocycles. The number of hydrogen-bond acceptors (Lipinski definition) is 2. The molecule has 0 bridgehead atoms. The largest absolute Gasteiger partial charge is 0.376 e. The van der Waals surface area contributed by atoms with Crippen molar-refractivity contribution in [3.8, 4) is 0 Å². The van der Waals surface area contributed by atoms with E-state index in [0.29, 0.717) is 18.6 Å². The first-order chi connectivity index (χ1) is 10.3. The fourth-order valence-electron chi connectivity index (χ4n) is 3.42. The summed E-state index contributed by atoms with van der Waals surface area (Å²) in [7, 11) is 0. The molecule has 3 atom stereocenters. The van der Waals surface area contributed by atoms with Gasteiger partial charge in [-0.05, 0) is 35.1 Å². The van der Waals surface area contributed by atoms with Crippen LogP contribution >= 0.6 is 0 Å². The fraction of sp³-hybridized carbons (Fsp3) is 0.474. The van der Waals surface area contributed by atoms with Crippen LogP contribution in [0.4, 0.5) is 0 Å². The van der Waals surface area contributed by atoms with Crippen molar-refractivity contribution in [1.82, 2.24) is 0 Å². The van der Waals surface area contributed by atoms with Gasteiger partial charge in [-0.1, -0.05) is 62.2 Å². The molecule has 1 aliphatic rings. The van der Waals surface area contributed by atoms with Gasteiger partial charge in [-0.2, -0.15) is 0 Å². The lowest BCUT2D eigenvalue weighted by Gasteiger charge is -2.30. The van der Waals surface area contributed by atoms with Gasteiger partial charge in [0, 0.05) is 0 Å². The molecule has 0 aliphatic heterocycles. The molecule has 2 N–H and O–H groups in total. The number of benzene rings is 2. The number of ether oxygens (including phenoxy) is 1. The molecule has 1 fully saturated rings. The molecule has 3 rings (SSSR count). The molecule has 3 unspecified atom stereocenters. The Bertz CT molecular complexity index is 590. The molecule has 1 saturated carbocycles. The summed E-state index contributed by atoms with van der Waals surface area (Å²) in [6, 6.07) is 14.7. The standard InChI is InChI=1S/C19H25NO/c1-14-7-2-5-12-19(14)21-13-18(20)17-11-6-9-15-8-3-4-10-16(15)17/h3-4,6,8-11,14,18-19H,2,5,7,12-13,20H2,1H3. The highest BCUT2D eigenvalue weighted by atomic mass is 16.5. The topological polar surface area (TPSA) is 35.2 Å². The van der Waals surface area contributed by atoms with Crippen LogP contribution in [0.5, 0.6) is 0 Å². The van der Waals surface area contributed by atoms with Gasteiger partial charge in [-0.3, -0.25) is 0 Å². The van der Waals surface area contributed by atoms with Crippen molar-refractivity contribution < 1.29 is 4.74 Å². The van der Waals surface area contributed by atoms with Gasteiger partial charge in [-0.15, -0.1) is 0 Å². The number of hydrogen-bond donors (Lipinski definition) is 1. The van der Waals surface area contributed by atoms with Crippen LogP contribution < -0.4 is 5.73 Å². The van der Waals surface area contributed by atoms with E-state index in [1.807, 2.05) is 0 Å². The quantitative estimate of drug-likeness (QED) is 0.900. The van der Waals surface area contributed by atoms with Gasteiger partial charge in [-0.25, -0.2) is 0 Å². The summed E-state index contributed by atoms with van der Waals surface area (Å²) < 4.78 is 6.14. The van der Waals surface area contributed by atoms with E-state index in [1.165, 1.54) is 42.0 Å². The summed E-state index contributed by atoms with van der Waals surface area (Å²) in [5, 5.41) is 2.49. The molecule has 0 saturated heterocycles. The zero-order valence-corrected chi connectivity index (χ0v) is 12.8. The summed E-state index contributed by atoms with van der Waals surface area (Å²) in [6.45, 7) is 2.91. The van der Waals surface area contributed by atoms with Crippen LogP contribution in [0.25, 0.3) is 10.8 Å². The van der Waals surface area contributed by atoms with Gasteiger partial charge < -0.3 is 10.5 Å². The van der Waals surface area contributed by atoms with Gasteiger partial charge >= 0.3 is 0 Å². The lowest BCUT2D eigenvalue weighted by atomic mass is 9.88. The van der Waals surface area contributed by atoms with Crippen molar-refractivity contribution >= 4 is 10.8 Å². The van der Waals surface area contributed by atoms with Gasteiger partial charge in [0.05, 0.1) is 18.8 Å². The average Bonchev–Trinajstić information content (AvgIpc) is 2.53. The van der Waals surface area contributed by atoms with E-state index in [0.717, 1.165) is 0 Å². The van der Waals surface area contributed by atoms with Crippen LogP contribution in [-0.4, -0.2) is 12.7 Å². The van der Waals surface area contributed by atoms with Crippen LogP contribution in [0.15, 0.2) is 42.5 Å². The third kappa shape index (κ3) is 3.28. The van der Waals surface area contributed by atoms with Crippen LogP contribution in [-0.2, 0) is 4.74 Å². The summed E-state index contributed by atoms with van der Waals surface area (Å²) in [4.78, 5) is 0. The molecule has 0 spiro atoms. The summed E-state index contributed by atoms with van der Waals surface area (Å²) in [5.41, 5.74) is 7.59. The fourth-order valence-corrected chi connectivity index (χ4v) is 3.42. The van der Waals surface area contributed by atoms with E-state index in [9.17, 15) is 0 Å². The van der Waals surface area contributed by atoms with Crippen molar-refractivity contribution in [2.75, 3.05) is 6.61 Å². The maximum atomic E-state index is 6.40. The van der Waals surface area contributed by atoms with Crippen LogP contribution in [0.2, 0.25) is 0 Å². The van der Waals surface area contributed by atoms with Crippen molar-refractivity contribution in [3.63, 3.8) is 0 Å². The smallest absolute Gasteiger partial charge is 0.0663 e. The first-order valence-corrected chi connectivity index (χ1v) is 8.10. The molecule has 2 aromatic carbocycles. The van der Waals surface area contributed by atoms with Crippen molar-refractivity contribution in [1.29, 1.82) is 0 Å². The predicted octanol–water partition coefficient (Wildman–Crippen LogP) is 4.43. The first kappa shape index (κ1) is 14.6. The van der Waals surface area contributed by atoms with Gasteiger partial charge in [0.15, 0.2) is 0 Å². The minimum absolute atomic E-state index is 0.0507. The van der Waals surface area contributed by atoms with E-state index in [2.05, 4.69) is 49.4 Å². The van der Waals surface area contributed by atoms with E-state index >= 15 is 0 Å². The van der Waals surface area contributed by atoms with Crippen LogP contribution in [0.1, 0.15) is 44.2 Å². The Hall–Kier alpha value is -1.38. The van der Waals surface area contributed by atoms with E-state index in [-0.39, 0.29) is 6.04 Å². The SMILES string of the molecule is CC1CCCCC1OCC(N)c1cccc2ccccc12. The molecule has 1 aliphatic carbocycles. The molecule has 2 nitrogen and oxygen atoms in total. The minimum atomic E-state index is -0.0507. The second kappa shape index (κ2) is 6.59. The number of rotatable bonds is 4. The highest BCUT2D eigenvalue weighted by molar-refractivity contribution is 5.86. The van der Waals surface area contributed by atoms with Crippen molar-refractivity contribution in [3.05, 3.63) is 48.0 Å². The molecule has 0 amide bonds. The van der Waals surface area contributed by atoms with E-state index in [1.54, 1.807) is 0 Å². The molecule has 0 heterocycles. The van der Waals surface area contributed by atoms with Crippen LogP contribution in [0.3, 0.4) is 0 Å². The highest BCUT2D eigenvalue weighted by Crippen LogP contribution is 2.28. The molecule has 0 radical (unpaired) electrons. The predicted molar refractivity (Wildman–Crippen MR) is 88.2 cm³/mol. The highest BCUT2D eigenvalue weighted by Gasteiger charge is 2.22. The second-order valence-corrected chi connectivity index (χ2v) is 6.31. The van der Waals surface area contributed by atoms with Gasteiger partial charge in [0.2, 0.25) is 0 Å². The number of fused-ring (bicyclic) bond motifs is 1. The lowest BCUT2D eigenvalue weighted by Crippen LogP contribution is -2.29. The third-order valence-corrected chi connectivity index (χ3v) is 4.75. The van der Waals surface area contributed by atoms with Gasteiger partial charge in [0.1, 0.15) is 0 Å². The third-order valence-electron chi connectivity index (χ3n) is 4.75. The Kier molecular flexibility index (Phi) is 4.57. The second-order valence-electron chi connectivity index (χ2n) is 6.31. The minimum Gasteiger partial charge on any atom is -0.376 e. The van der Waals surface area contributed by atoms with Crippen molar-refractivity contribution in [2.24, 2.45) is 11.7 Å². The molecule has 2 heteroatoms. The molecular weight excluding hydrogens is 258 g/mol. The first-order valence-electron chi connectivity index (χ1n) is 8.10. The maximum absolute atomic E-state index is 6.40.